The van der Waals surface area contributed by atoms with Crippen molar-refractivity contribution < 1.29 is 4.79 Å². The van der Waals surface area contributed by atoms with Gasteiger partial charge in [-0.15, -0.1) is 0 Å². The minimum Gasteiger partial charge on any atom is -0.340 e. The SMILES string of the molecule is CNC1CCCN(C(=O)Cn2ccccc2=O)C1. The van der Waals surface area contributed by atoms with Gasteiger partial charge in [-0.1, -0.05) is 6.07 Å². The molecule has 1 unspecified atom stereocenters. The summed E-state index contributed by atoms with van der Waals surface area (Å²) < 4.78 is 1.45. The van der Waals surface area contributed by atoms with Crippen LogP contribution < -0.4 is 10.9 Å². The van der Waals surface area contributed by atoms with E-state index in [2.05, 4.69) is 5.32 Å². The highest BCUT2D eigenvalue weighted by molar-refractivity contribution is 5.76. The number of amides is 1. The summed E-state index contributed by atoms with van der Waals surface area (Å²) in [6.07, 6.45) is 3.77. The van der Waals surface area contributed by atoms with E-state index in [1.54, 1.807) is 18.3 Å². The maximum absolute atomic E-state index is 12.1. The molecule has 1 saturated heterocycles. The van der Waals surface area contributed by atoms with Gasteiger partial charge in [-0.2, -0.15) is 0 Å². The van der Waals surface area contributed by atoms with Crippen LogP contribution in [0.4, 0.5) is 0 Å². The molecule has 1 aromatic rings. The molecule has 0 aromatic carbocycles. The molecule has 1 amide bonds. The van der Waals surface area contributed by atoms with Gasteiger partial charge >= 0.3 is 0 Å². The molecule has 1 fully saturated rings. The molecule has 0 bridgehead atoms. The van der Waals surface area contributed by atoms with Gasteiger partial charge in [-0.25, -0.2) is 0 Å². The highest BCUT2D eigenvalue weighted by Gasteiger charge is 2.22. The number of hydrogen-bond donors (Lipinski definition) is 1. The monoisotopic (exact) mass is 249 g/mol. The maximum atomic E-state index is 12.1. The number of likely N-dealkylation sites (N-methyl/N-ethyl adjacent to an activating group) is 1. The quantitative estimate of drug-likeness (QED) is 0.824. The molecular formula is C13H19N3O2. The van der Waals surface area contributed by atoms with E-state index in [1.807, 2.05) is 11.9 Å². The lowest BCUT2D eigenvalue weighted by Gasteiger charge is -2.32. The van der Waals surface area contributed by atoms with Gasteiger partial charge in [0.2, 0.25) is 5.91 Å². The van der Waals surface area contributed by atoms with Gasteiger partial charge in [0.15, 0.2) is 0 Å². The second-order valence-corrected chi connectivity index (χ2v) is 4.63. The zero-order valence-electron chi connectivity index (χ0n) is 10.6. The van der Waals surface area contributed by atoms with Crippen molar-refractivity contribution in [1.82, 2.24) is 14.8 Å². The topological polar surface area (TPSA) is 54.3 Å². The molecule has 1 atom stereocenters. The van der Waals surface area contributed by atoms with E-state index in [9.17, 15) is 9.59 Å². The summed E-state index contributed by atoms with van der Waals surface area (Å²) in [4.78, 5) is 25.5. The van der Waals surface area contributed by atoms with E-state index in [4.69, 9.17) is 0 Å². The third-order valence-electron chi connectivity index (χ3n) is 3.39. The molecule has 5 nitrogen and oxygen atoms in total. The van der Waals surface area contributed by atoms with Crippen molar-refractivity contribution in [3.05, 3.63) is 34.7 Å². The minimum atomic E-state index is -0.131. The first-order chi connectivity index (χ1) is 8.70. The molecule has 1 N–H and O–H groups in total. The average molecular weight is 249 g/mol. The lowest BCUT2D eigenvalue weighted by Crippen LogP contribution is -2.48. The Morgan fingerprint density at radius 2 is 2.33 bits per heavy atom. The van der Waals surface area contributed by atoms with E-state index in [0.717, 1.165) is 25.9 Å². The number of carbonyl (C=O) groups is 1. The number of carbonyl (C=O) groups excluding carboxylic acids is 1. The van der Waals surface area contributed by atoms with Crippen LogP contribution >= 0.6 is 0 Å². The van der Waals surface area contributed by atoms with Gasteiger partial charge in [0.05, 0.1) is 0 Å². The summed E-state index contributed by atoms with van der Waals surface area (Å²) in [7, 11) is 1.92. The number of hydrogen-bond acceptors (Lipinski definition) is 3. The molecule has 98 valence electrons. The fourth-order valence-electron chi connectivity index (χ4n) is 2.28. The van der Waals surface area contributed by atoms with Crippen molar-refractivity contribution >= 4 is 5.91 Å². The summed E-state index contributed by atoms with van der Waals surface area (Å²) in [5.41, 5.74) is -0.131. The van der Waals surface area contributed by atoms with Crippen molar-refractivity contribution in [2.45, 2.75) is 25.4 Å². The molecule has 0 aliphatic carbocycles. The Bertz CT molecular complexity index is 469. The van der Waals surface area contributed by atoms with Gasteiger partial charge < -0.3 is 14.8 Å². The van der Waals surface area contributed by atoms with E-state index in [1.165, 1.54) is 10.6 Å². The molecule has 18 heavy (non-hydrogen) atoms. The van der Waals surface area contributed by atoms with E-state index >= 15 is 0 Å². The molecule has 1 aliphatic rings. The molecule has 1 aromatic heterocycles. The molecule has 1 aliphatic heterocycles. The Kier molecular flexibility index (Phi) is 4.15. The number of piperidine rings is 1. The molecule has 0 radical (unpaired) electrons. The third-order valence-corrected chi connectivity index (χ3v) is 3.39. The minimum absolute atomic E-state index is 0.0169. The molecular weight excluding hydrogens is 230 g/mol. The van der Waals surface area contributed by atoms with Crippen molar-refractivity contribution in [2.24, 2.45) is 0 Å². The molecule has 2 rings (SSSR count). The van der Waals surface area contributed by atoms with Crippen LogP contribution in [0.2, 0.25) is 0 Å². The molecule has 0 saturated carbocycles. The van der Waals surface area contributed by atoms with Gasteiger partial charge in [0, 0.05) is 31.4 Å². The van der Waals surface area contributed by atoms with Crippen LogP contribution in [0.1, 0.15) is 12.8 Å². The number of pyridine rings is 1. The Balaban J connectivity index is 2.00. The van der Waals surface area contributed by atoms with Crippen LogP contribution in [0.3, 0.4) is 0 Å². The summed E-state index contributed by atoms with van der Waals surface area (Å²) in [6, 6.07) is 5.29. The fourth-order valence-corrected chi connectivity index (χ4v) is 2.28. The van der Waals surface area contributed by atoms with Gasteiger partial charge in [-0.3, -0.25) is 9.59 Å². The lowest BCUT2D eigenvalue weighted by atomic mass is 10.1. The van der Waals surface area contributed by atoms with Gasteiger partial charge in [0.1, 0.15) is 6.54 Å². The third kappa shape index (κ3) is 2.98. The fraction of sp³-hybridized carbons (Fsp3) is 0.538. The highest BCUT2D eigenvalue weighted by Crippen LogP contribution is 2.10. The Morgan fingerprint density at radius 3 is 3.06 bits per heavy atom. The standard InChI is InChI=1S/C13H19N3O2/c1-14-11-5-4-8-15(9-11)13(18)10-16-7-3-2-6-12(16)17/h2-3,6-7,11,14H,4-5,8-10H2,1H3. The summed E-state index contributed by atoms with van der Waals surface area (Å²) in [5.74, 6) is 0.0169. The zero-order chi connectivity index (χ0) is 13.0. The summed E-state index contributed by atoms with van der Waals surface area (Å²) in [5, 5.41) is 3.20. The number of rotatable bonds is 3. The van der Waals surface area contributed by atoms with Crippen molar-refractivity contribution in [2.75, 3.05) is 20.1 Å². The summed E-state index contributed by atoms with van der Waals surface area (Å²) in [6.45, 7) is 1.66. The predicted octanol–water partition coefficient (Wildman–Crippen LogP) is 0.0587. The number of likely N-dealkylation sites (tertiary alicyclic amines) is 1. The maximum Gasteiger partial charge on any atom is 0.250 e. The Labute approximate surface area is 106 Å². The van der Waals surface area contributed by atoms with E-state index < -0.39 is 0 Å². The first-order valence-electron chi connectivity index (χ1n) is 6.31. The van der Waals surface area contributed by atoms with Crippen LogP contribution in [0, 0.1) is 0 Å². The predicted molar refractivity (Wildman–Crippen MR) is 69.4 cm³/mol. The Morgan fingerprint density at radius 1 is 1.50 bits per heavy atom. The second-order valence-electron chi connectivity index (χ2n) is 4.63. The first-order valence-corrected chi connectivity index (χ1v) is 6.31. The second kappa shape index (κ2) is 5.82. The first kappa shape index (κ1) is 12.8. The number of aromatic nitrogens is 1. The number of nitrogens with zero attached hydrogens (tertiary/aromatic N) is 2. The van der Waals surface area contributed by atoms with Crippen LogP contribution in [0.15, 0.2) is 29.2 Å². The van der Waals surface area contributed by atoms with Crippen LogP contribution in [0.25, 0.3) is 0 Å². The van der Waals surface area contributed by atoms with Crippen LogP contribution in [0.5, 0.6) is 0 Å². The molecule has 5 heteroatoms. The largest absolute Gasteiger partial charge is 0.340 e. The summed E-state index contributed by atoms with van der Waals surface area (Å²) >= 11 is 0. The van der Waals surface area contributed by atoms with Gasteiger partial charge in [-0.05, 0) is 26.0 Å². The van der Waals surface area contributed by atoms with Crippen molar-refractivity contribution in [1.29, 1.82) is 0 Å². The number of nitrogens with one attached hydrogen (secondary N) is 1. The van der Waals surface area contributed by atoms with Crippen molar-refractivity contribution in [3.63, 3.8) is 0 Å². The molecule has 2 heterocycles. The van der Waals surface area contributed by atoms with E-state index in [0.29, 0.717) is 6.04 Å². The average Bonchev–Trinajstić information content (AvgIpc) is 2.41. The zero-order valence-corrected chi connectivity index (χ0v) is 10.6. The van der Waals surface area contributed by atoms with Crippen LogP contribution in [-0.2, 0) is 11.3 Å². The normalized spacial score (nSPS) is 19.8. The van der Waals surface area contributed by atoms with Crippen LogP contribution in [-0.4, -0.2) is 41.6 Å². The van der Waals surface area contributed by atoms with Gasteiger partial charge in [0.25, 0.3) is 5.56 Å². The van der Waals surface area contributed by atoms with Crippen molar-refractivity contribution in [3.8, 4) is 0 Å². The smallest absolute Gasteiger partial charge is 0.250 e. The highest BCUT2D eigenvalue weighted by atomic mass is 16.2. The lowest BCUT2D eigenvalue weighted by molar-refractivity contribution is -0.133. The Hall–Kier alpha value is -1.62. The van der Waals surface area contributed by atoms with E-state index in [-0.39, 0.29) is 18.0 Å². The molecule has 0 spiro atoms.